The summed E-state index contributed by atoms with van der Waals surface area (Å²) in [4.78, 5) is 11.7. The molecule has 2 N–H and O–H groups in total. The molecule has 0 radical (unpaired) electrons. The Bertz CT molecular complexity index is 394. The normalized spacial score (nSPS) is 17.6. The van der Waals surface area contributed by atoms with Crippen LogP contribution >= 0.6 is 0 Å². The summed E-state index contributed by atoms with van der Waals surface area (Å²) in [6, 6.07) is 3.54. The molecule has 1 aliphatic rings. The average molecular weight is 222 g/mol. The molecule has 0 amide bonds. The number of nitrogens with two attached hydrogens (primary N) is 1. The lowest BCUT2D eigenvalue weighted by atomic mass is 10.0. The van der Waals surface area contributed by atoms with Gasteiger partial charge in [-0.05, 0) is 30.4 Å². The number of hydrogen-bond donors (Lipinski definition) is 1. The van der Waals surface area contributed by atoms with Gasteiger partial charge in [0.05, 0.1) is 0 Å². The fourth-order valence-electron chi connectivity index (χ4n) is 2.03. The van der Waals surface area contributed by atoms with E-state index in [0.29, 0.717) is 12.5 Å². The summed E-state index contributed by atoms with van der Waals surface area (Å²) in [6.07, 6.45) is 3.94. The van der Waals surface area contributed by atoms with Gasteiger partial charge in [-0.25, -0.2) is 0 Å². The number of rotatable bonds is 3. The van der Waals surface area contributed by atoms with Crippen molar-refractivity contribution in [1.82, 2.24) is 4.57 Å². The molecule has 4 nitrogen and oxygen atoms in total. The minimum absolute atomic E-state index is 0.0504. The molecule has 1 saturated heterocycles. The van der Waals surface area contributed by atoms with Gasteiger partial charge in [0.25, 0.3) is 5.56 Å². The van der Waals surface area contributed by atoms with Gasteiger partial charge in [0, 0.05) is 38.6 Å². The van der Waals surface area contributed by atoms with Gasteiger partial charge in [0.1, 0.15) is 0 Å². The zero-order chi connectivity index (χ0) is 11.4. The highest BCUT2D eigenvalue weighted by Crippen LogP contribution is 2.15. The lowest BCUT2D eigenvalue weighted by Gasteiger charge is -2.22. The maximum absolute atomic E-state index is 11.7. The monoisotopic (exact) mass is 222 g/mol. The number of nitrogens with zero attached hydrogens (tertiary/aromatic N) is 1. The van der Waals surface area contributed by atoms with Crippen LogP contribution < -0.4 is 11.3 Å². The third-order valence-electron chi connectivity index (χ3n) is 3.09. The summed E-state index contributed by atoms with van der Waals surface area (Å²) < 4.78 is 7.07. The molecule has 2 rings (SSSR count). The van der Waals surface area contributed by atoms with Crippen LogP contribution in [0, 0.1) is 5.92 Å². The van der Waals surface area contributed by atoms with E-state index in [0.717, 1.165) is 38.2 Å². The minimum Gasteiger partial charge on any atom is -0.381 e. The molecule has 0 unspecified atom stereocenters. The van der Waals surface area contributed by atoms with E-state index >= 15 is 0 Å². The highest BCUT2D eigenvalue weighted by molar-refractivity contribution is 5.10. The van der Waals surface area contributed by atoms with Crippen LogP contribution in [0.15, 0.2) is 23.1 Å². The summed E-state index contributed by atoms with van der Waals surface area (Å²) >= 11 is 0. The topological polar surface area (TPSA) is 57.2 Å². The molecule has 2 heterocycles. The zero-order valence-corrected chi connectivity index (χ0v) is 9.39. The third kappa shape index (κ3) is 2.71. The van der Waals surface area contributed by atoms with Crippen LogP contribution in [0.25, 0.3) is 0 Å². The van der Waals surface area contributed by atoms with Crippen molar-refractivity contribution in [2.45, 2.75) is 25.9 Å². The van der Waals surface area contributed by atoms with Crippen LogP contribution in [-0.4, -0.2) is 17.8 Å². The lowest BCUT2D eigenvalue weighted by molar-refractivity contribution is 0.0609. The molecule has 1 aromatic heterocycles. The molecule has 88 valence electrons. The molecule has 0 atom stereocenters. The maximum Gasteiger partial charge on any atom is 0.250 e. The summed E-state index contributed by atoms with van der Waals surface area (Å²) in [6.45, 7) is 2.86. The SMILES string of the molecule is NCc1ccn(CC2CCOCC2)c(=O)c1. The van der Waals surface area contributed by atoms with Crippen molar-refractivity contribution < 1.29 is 4.74 Å². The summed E-state index contributed by atoms with van der Waals surface area (Å²) in [5, 5.41) is 0. The summed E-state index contributed by atoms with van der Waals surface area (Å²) in [5.41, 5.74) is 6.44. The molecule has 1 aromatic rings. The Labute approximate surface area is 95.0 Å². The van der Waals surface area contributed by atoms with Crippen molar-refractivity contribution in [2.24, 2.45) is 11.7 Å². The number of hydrogen-bond acceptors (Lipinski definition) is 3. The van der Waals surface area contributed by atoms with Gasteiger partial charge in [0.15, 0.2) is 0 Å². The Kier molecular flexibility index (Phi) is 3.74. The molecule has 0 aromatic carbocycles. The molecule has 1 fully saturated rings. The molecule has 0 saturated carbocycles. The number of aromatic nitrogens is 1. The second-order valence-electron chi connectivity index (χ2n) is 4.29. The van der Waals surface area contributed by atoms with E-state index in [-0.39, 0.29) is 5.56 Å². The Morgan fingerprint density at radius 1 is 1.44 bits per heavy atom. The first-order valence-corrected chi connectivity index (χ1v) is 5.77. The predicted octanol–water partition coefficient (Wildman–Crippen LogP) is 0.734. The van der Waals surface area contributed by atoms with Gasteiger partial charge in [-0.15, -0.1) is 0 Å². The molecule has 0 aliphatic carbocycles. The first-order chi connectivity index (χ1) is 7.79. The summed E-state index contributed by atoms with van der Waals surface area (Å²) in [7, 11) is 0. The van der Waals surface area contributed by atoms with Crippen molar-refractivity contribution in [2.75, 3.05) is 13.2 Å². The van der Waals surface area contributed by atoms with Crippen LogP contribution in [0.2, 0.25) is 0 Å². The van der Waals surface area contributed by atoms with Gasteiger partial charge in [-0.1, -0.05) is 0 Å². The van der Waals surface area contributed by atoms with E-state index in [1.807, 2.05) is 12.3 Å². The van der Waals surface area contributed by atoms with Crippen molar-refractivity contribution >= 4 is 0 Å². The van der Waals surface area contributed by atoms with Crippen LogP contribution in [0.5, 0.6) is 0 Å². The van der Waals surface area contributed by atoms with E-state index in [1.54, 1.807) is 10.6 Å². The quantitative estimate of drug-likeness (QED) is 0.820. The second kappa shape index (κ2) is 5.27. The Balaban J connectivity index is 2.06. The summed E-state index contributed by atoms with van der Waals surface area (Å²) in [5.74, 6) is 0.565. The van der Waals surface area contributed by atoms with Crippen molar-refractivity contribution in [3.63, 3.8) is 0 Å². The standard InChI is InChI=1S/C12H18N2O2/c13-8-11-1-4-14(12(15)7-11)9-10-2-5-16-6-3-10/h1,4,7,10H,2-3,5-6,8-9,13H2. The lowest BCUT2D eigenvalue weighted by Crippen LogP contribution is -2.27. The van der Waals surface area contributed by atoms with Crippen LogP contribution in [0.1, 0.15) is 18.4 Å². The van der Waals surface area contributed by atoms with Gasteiger partial charge >= 0.3 is 0 Å². The number of ether oxygens (including phenoxy) is 1. The highest BCUT2D eigenvalue weighted by atomic mass is 16.5. The van der Waals surface area contributed by atoms with Crippen LogP contribution in [0.3, 0.4) is 0 Å². The van der Waals surface area contributed by atoms with Gasteiger partial charge in [0.2, 0.25) is 0 Å². The molecule has 16 heavy (non-hydrogen) atoms. The van der Waals surface area contributed by atoms with E-state index < -0.39 is 0 Å². The molecule has 1 aliphatic heterocycles. The average Bonchev–Trinajstić information content (AvgIpc) is 2.33. The Morgan fingerprint density at radius 2 is 2.19 bits per heavy atom. The number of pyridine rings is 1. The van der Waals surface area contributed by atoms with E-state index in [1.165, 1.54) is 0 Å². The molecule has 0 bridgehead atoms. The smallest absolute Gasteiger partial charge is 0.250 e. The Hall–Kier alpha value is -1.13. The van der Waals surface area contributed by atoms with Gasteiger partial charge in [-0.2, -0.15) is 0 Å². The third-order valence-corrected chi connectivity index (χ3v) is 3.09. The first-order valence-electron chi connectivity index (χ1n) is 5.77. The highest BCUT2D eigenvalue weighted by Gasteiger charge is 2.14. The van der Waals surface area contributed by atoms with Crippen molar-refractivity contribution in [3.05, 3.63) is 34.2 Å². The minimum atomic E-state index is 0.0504. The second-order valence-corrected chi connectivity index (χ2v) is 4.29. The molecule has 0 spiro atoms. The van der Waals surface area contributed by atoms with Crippen molar-refractivity contribution in [3.8, 4) is 0 Å². The largest absolute Gasteiger partial charge is 0.381 e. The maximum atomic E-state index is 11.7. The fraction of sp³-hybridized carbons (Fsp3) is 0.583. The van der Waals surface area contributed by atoms with Crippen LogP contribution in [0.4, 0.5) is 0 Å². The van der Waals surface area contributed by atoms with E-state index in [4.69, 9.17) is 10.5 Å². The predicted molar refractivity (Wildman–Crippen MR) is 62.1 cm³/mol. The fourth-order valence-corrected chi connectivity index (χ4v) is 2.03. The molecule has 4 heteroatoms. The van der Waals surface area contributed by atoms with Crippen LogP contribution in [-0.2, 0) is 17.8 Å². The van der Waals surface area contributed by atoms with Gasteiger partial charge in [-0.3, -0.25) is 4.79 Å². The van der Waals surface area contributed by atoms with E-state index in [9.17, 15) is 4.79 Å². The van der Waals surface area contributed by atoms with Crippen molar-refractivity contribution in [1.29, 1.82) is 0 Å². The molecular weight excluding hydrogens is 204 g/mol. The van der Waals surface area contributed by atoms with Gasteiger partial charge < -0.3 is 15.0 Å². The molecular formula is C12H18N2O2. The Morgan fingerprint density at radius 3 is 2.81 bits per heavy atom. The van der Waals surface area contributed by atoms with E-state index in [2.05, 4.69) is 0 Å². The first kappa shape index (κ1) is 11.4. The zero-order valence-electron chi connectivity index (χ0n) is 9.39.